The molecule has 0 saturated heterocycles. The molecule has 1 aromatic heterocycles. The molecule has 90 valence electrons. The van der Waals surface area contributed by atoms with Crippen LogP contribution < -0.4 is 5.73 Å². The number of nitriles is 1. The van der Waals surface area contributed by atoms with E-state index in [1.54, 1.807) is 18.3 Å². The molecule has 18 heavy (non-hydrogen) atoms. The topological polar surface area (TPSA) is 82.9 Å². The van der Waals surface area contributed by atoms with Gasteiger partial charge in [0.2, 0.25) is 0 Å². The summed E-state index contributed by atoms with van der Waals surface area (Å²) < 4.78 is 0. The summed E-state index contributed by atoms with van der Waals surface area (Å²) >= 11 is 0. The van der Waals surface area contributed by atoms with Crippen LogP contribution in [0, 0.1) is 11.3 Å². The summed E-state index contributed by atoms with van der Waals surface area (Å²) in [7, 11) is 0. The van der Waals surface area contributed by atoms with Gasteiger partial charge in [-0.2, -0.15) is 5.26 Å². The summed E-state index contributed by atoms with van der Waals surface area (Å²) in [5.74, 6) is 0.174. The van der Waals surface area contributed by atoms with Gasteiger partial charge in [-0.15, -0.1) is 0 Å². The number of hydrogen-bond acceptors (Lipinski definition) is 4. The summed E-state index contributed by atoms with van der Waals surface area (Å²) in [6.45, 7) is 0.556. The Labute approximate surface area is 105 Å². The molecule has 0 aliphatic rings. The minimum atomic E-state index is 0.174. The molecule has 1 heterocycles. The van der Waals surface area contributed by atoms with Crippen LogP contribution in [0.3, 0.4) is 0 Å². The number of nitrogens with zero attached hydrogens (tertiary/aromatic N) is 2. The van der Waals surface area contributed by atoms with Gasteiger partial charge in [-0.05, 0) is 36.7 Å². The molecular formula is C14H13N3O. The van der Waals surface area contributed by atoms with E-state index in [-0.39, 0.29) is 5.75 Å². The molecule has 0 aliphatic carbocycles. The minimum Gasteiger partial charge on any atom is -0.507 e. The smallest absolute Gasteiger partial charge is 0.123 e. The molecular weight excluding hydrogens is 226 g/mol. The minimum absolute atomic E-state index is 0.174. The monoisotopic (exact) mass is 239 g/mol. The van der Waals surface area contributed by atoms with Crippen molar-refractivity contribution >= 4 is 0 Å². The third kappa shape index (κ3) is 2.47. The number of aromatic hydroxyl groups is 1. The van der Waals surface area contributed by atoms with Crippen molar-refractivity contribution in [3.05, 3.63) is 47.8 Å². The fourth-order valence-corrected chi connectivity index (χ4v) is 1.78. The van der Waals surface area contributed by atoms with Crippen LogP contribution in [-0.4, -0.2) is 16.6 Å². The number of aromatic nitrogens is 1. The fraction of sp³-hybridized carbons (Fsp3) is 0.143. The Hall–Kier alpha value is -2.38. The maximum atomic E-state index is 9.88. The van der Waals surface area contributed by atoms with Crippen LogP contribution in [0.25, 0.3) is 11.1 Å². The molecule has 0 amide bonds. The molecule has 0 fully saturated rings. The predicted molar refractivity (Wildman–Crippen MR) is 68.8 cm³/mol. The molecule has 0 saturated carbocycles. The fourth-order valence-electron chi connectivity index (χ4n) is 1.78. The van der Waals surface area contributed by atoms with Crippen LogP contribution in [0.4, 0.5) is 0 Å². The van der Waals surface area contributed by atoms with E-state index >= 15 is 0 Å². The van der Waals surface area contributed by atoms with Crippen molar-refractivity contribution in [2.45, 2.75) is 6.42 Å². The van der Waals surface area contributed by atoms with Crippen LogP contribution in [0.15, 0.2) is 36.7 Å². The SMILES string of the molecule is N#Cc1cncc(-c2cc(CCN)ccc2O)c1. The Morgan fingerprint density at radius 1 is 1.28 bits per heavy atom. The first-order valence-electron chi connectivity index (χ1n) is 5.62. The number of pyridine rings is 1. The van der Waals surface area contributed by atoms with Crippen molar-refractivity contribution in [2.24, 2.45) is 5.73 Å². The number of benzene rings is 1. The first-order valence-corrected chi connectivity index (χ1v) is 5.62. The van der Waals surface area contributed by atoms with Crippen molar-refractivity contribution in [1.82, 2.24) is 4.98 Å². The van der Waals surface area contributed by atoms with E-state index in [1.807, 2.05) is 18.2 Å². The highest BCUT2D eigenvalue weighted by molar-refractivity contribution is 5.71. The van der Waals surface area contributed by atoms with Gasteiger partial charge in [0.15, 0.2) is 0 Å². The standard InChI is InChI=1S/C14H13N3O/c15-4-3-10-1-2-14(18)13(6-10)12-5-11(7-16)8-17-9-12/h1-2,5-6,8-9,18H,3-4,15H2. The van der Waals surface area contributed by atoms with Crippen molar-refractivity contribution < 1.29 is 5.11 Å². The van der Waals surface area contributed by atoms with E-state index in [1.165, 1.54) is 6.20 Å². The molecule has 2 aromatic rings. The molecule has 0 atom stereocenters. The number of nitrogens with two attached hydrogens (primary N) is 1. The van der Waals surface area contributed by atoms with E-state index in [2.05, 4.69) is 4.98 Å². The third-order valence-corrected chi connectivity index (χ3v) is 2.67. The third-order valence-electron chi connectivity index (χ3n) is 2.67. The van der Waals surface area contributed by atoms with Crippen molar-refractivity contribution in [3.63, 3.8) is 0 Å². The van der Waals surface area contributed by atoms with Crippen LogP contribution >= 0.6 is 0 Å². The summed E-state index contributed by atoms with van der Waals surface area (Å²) in [5.41, 5.74) is 8.43. The van der Waals surface area contributed by atoms with Crippen LogP contribution in [0.5, 0.6) is 5.75 Å². The van der Waals surface area contributed by atoms with Crippen LogP contribution in [0.1, 0.15) is 11.1 Å². The molecule has 1 aromatic carbocycles. The first kappa shape index (κ1) is 12.1. The lowest BCUT2D eigenvalue weighted by atomic mass is 10.0. The average molecular weight is 239 g/mol. The van der Waals surface area contributed by atoms with Crippen LogP contribution in [-0.2, 0) is 6.42 Å². The zero-order valence-corrected chi connectivity index (χ0v) is 9.80. The van der Waals surface area contributed by atoms with Gasteiger partial charge in [-0.3, -0.25) is 4.98 Å². The van der Waals surface area contributed by atoms with E-state index in [9.17, 15) is 5.11 Å². The lowest BCUT2D eigenvalue weighted by Gasteiger charge is -2.07. The zero-order valence-electron chi connectivity index (χ0n) is 9.80. The predicted octanol–water partition coefficient (Wildman–Crippen LogP) is 1.83. The Balaban J connectivity index is 2.48. The molecule has 0 spiro atoms. The maximum absolute atomic E-state index is 9.88. The molecule has 4 heteroatoms. The lowest BCUT2D eigenvalue weighted by Crippen LogP contribution is -2.02. The Kier molecular flexibility index (Phi) is 3.56. The Morgan fingerprint density at radius 2 is 2.11 bits per heavy atom. The van der Waals surface area contributed by atoms with Gasteiger partial charge in [0.1, 0.15) is 11.8 Å². The summed E-state index contributed by atoms with van der Waals surface area (Å²) in [6, 6.07) is 9.09. The lowest BCUT2D eigenvalue weighted by molar-refractivity contribution is 0.477. The highest BCUT2D eigenvalue weighted by Gasteiger charge is 2.07. The molecule has 0 radical (unpaired) electrons. The molecule has 3 N–H and O–H groups in total. The van der Waals surface area contributed by atoms with E-state index in [0.29, 0.717) is 17.7 Å². The number of phenols is 1. The van der Waals surface area contributed by atoms with Gasteiger partial charge >= 0.3 is 0 Å². The molecule has 0 bridgehead atoms. The molecule has 0 unspecified atom stereocenters. The van der Waals surface area contributed by atoms with E-state index < -0.39 is 0 Å². The van der Waals surface area contributed by atoms with Crippen molar-refractivity contribution in [2.75, 3.05) is 6.54 Å². The average Bonchev–Trinajstić information content (AvgIpc) is 2.41. The molecule has 4 nitrogen and oxygen atoms in total. The zero-order chi connectivity index (χ0) is 13.0. The summed E-state index contributed by atoms with van der Waals surface area (Å²) in [6.07, 6.45) is 3.87. The quantitative estimate of drug-likeness (QED) is 0.855. The molecule has 0 aliphatic heterocycles. The van der Waals surface area contributed by atoms with E-state index in [4.69, 9.17) is 11.0 Å². The molecule has 2 rings (SSSR count). The van der Waals surface area contributed by atoms with Crippen molar-refractivity contribution in [1.29, 1.82) is 5.26 Å². The number of hydrogen-bond donors (Lipinski definition) is 2. The highest BCUT2D eigenvalue weighted by atomic mass is 16.3. The maximum Gasteiger partial charge on any atom is 0.123 e. The summed E-state index contributed by atoms with van der Waals surface area (Å²) in [4.78, 5) is 3.99. The van der Waals surface area contributed by atoms with Gasteiger partial charge < -0.3 is 10.8 Å². The van der Waals surface area contributed by atoms with Gasteiger partial charge in [0.05, 0.1) is 5.56 Å². The number of rotatable bonds is 3. The highest BCUT2D eigenvalue weighted by Crippen LogP contribution is 2.30. The Bertz CT molecular complexity index is 602. The Morgan fingerprint density at radius 3 is 2.83 bits per heavy atom. The second kappa shape index (κ2) is 5.30. The second-order valence-corrected chi connectivity index (χ2v) is 3.96. The number of phenolic OH excluding ortho intramolecular Hbond substituents is 1. The van der Waals surface area contributed by atoms with Crippen LogP contribution in [0.2, 0.25) is 0 Å². The van der Waals surface area contributed by atoms with Gasteiger partial charge in [0.25, 0.3) is 0 Å². The van der Waals surface area contributed by atoms with Gasteiger partial charge in [0, 0.05) is 23.5 Å². The first-order chi connectivity index (χ1) is 8.74. The summed E-state index contributed by atoms with van der Waals surface area (Å²) in [5, 5.41) is 18.7. The van der Waals surface area contributed by atoms with Gasteiger partial charge in [-0.1, -0.05) is 6.07 Å². The van der Waals surface area contributed by atoms with Crippen molar-refractivity contribution in [3.8, 4) is 22.9 Å². The largest absolute Gasteiger partial charge is 0.507 e. The van der Waals surface area contributed by atoms with E-state index in [0.717, 1.165) is 17.5 Å². The van der Waals surface area contributed by atoms with Gasteiger partial charge in [-0.25, -0.2) is 0 Å². The second-order valence-electron chi connectivity index (χ2n) is 3.96. The normalized spacial score (nSPS) is 10.0.